The highest BCUT2D eigenvalue weighted by Gasteiger charge is 2.26. The Morgan fingerprint density at radius 1 is 1.17 bits per heavy atom. The molecule has 1 N–H and O–H groups in total. The molecule has 1 aliphatic heterocycles. The van der Waals surface area contributed by atoms with E-state index in [1.807, 2.05) is 18.7 Å². The van der Waals surface area contributed by atoms with Crippen LogP contribution in [0.5, 0.6) is 0 Å². The summed E-state index contributed by atoms with van der Waals surface area (Å²) in [7, 11) is 0. The molecule has 0 atom stereocenters. The lowest BCUT2D eigenvalue weighted by molar-refractivity contribution is -0.132. The molecule has 0 spiro atoms. The van der Waals surface area contributed by atoms with Crippen LogP contribution in [0.2, 0.25) is 0 Å². The topological polar surface area (TPSA) is 75.4 Å². The van der Waals surface area contributed by atoms with Crippen molar-refractivity contribution in [3.63, 3.8) is 0 Å². The summed E-state index contributed by atoms with van der Waals surface area (Å²) in [6, 6.07) is 0. The Hall–Kier alpha value is -1.85. The zero-order valence-electron chi connectivity index (χ0n) is 14.6. The summed E-state index contributed by atoms with van der Waals surface area (Å²) < 4.78 is 5.12. The fourth-order valence-electron chi connectivity index (χ4n) is 3.32. The van der Waals surface area contributed by atoms with E-state index in [4.69, 9.17) is 4.52 Å². The Kier molecular flexibility index (Phi) is 5.21. The van der Waals surface area contributed by atoms with Crippen LogP contribution in [0.3, 0.4) is 0 Å². The molecule has 2 fully saturated rings. The predicted molar refractivity (Wildman–Crippen MR) is 89.3 cm³/mol. The van der Waals surface area contributed by atoms with Crippen LogP contribution in [0.4, 0.5) is 0 Å². The molecule has 0 aromatic carbocycles. The van der Waals surface area contributed by atoms with Gasteiger partial charge in [-0.05, 0) is 51.4 Å². The van der Waals surface area contributed by atoms with Gasteiger partial charge in [-0.15, -0.1) is 0 Å². The fraction of sp³-hybridized carbons (Fsp3) is 0.722. The molecule has 2 heterocycles. The van der Waals surface area contributed by atoms with E-state index in [-0.39, 0.29) is 11.8 Å². The van der Waals surface area contributed by atoms with E-state index in [1.165, 1.54) is 12.8 Å². The number of nitrogens with one attached hydrogen (secondary N) is 1. The summed E-state index contributed by atoms with van der Waals surface area (Å²) in [5.74, 6) is 2.14. The summed E-state index contributed by atoms with van der Waals surface area (Å²) in [4.78, 5) is 26.3. The monoisotopic (exact) mass is 333 g/mol. The molecule has 1 saturated heterocycles. The first-order valence-electron chi connectivity index (χ1n) is 8.99. The summed E-state index contributed by atoms with van der Waals surface area (Å²) >= 11 is 0. The number of amides is 2. The minimum Gasteiger partial charge on any atom is -0.361 e. The third kappa shape index (κ3) is 4.36. The lowest BCUT2D eigenvalue weighted by Crippen LogP contribution is -2.40. The highest BCUT2D eigenvalue weighted by Crippen LogP contribution is 2.28. The smallest absolute Gasteiger partial charge is 0.227 e. The van der Waals surface area contributed by atoms with Gasteiger partial charge in [0, 0.05) is 31.6 Å². The number of hydrogen-bond donors (Lipinski definition) is 1. The van der Waals surface area contributed by atoms with Crippen molar-refractivity contribution >= 4 is 11.8 Å². The normalized spacial score (nSPS) is 18.7. The van der Waals surface area contributed by atoms with Gasteiger partial charge in [0.2, 0.25) is 11.8 Å². The van der Waals surface area contributed by atoms with Crippen LogP contribution < -0.4 is 5.32 Å². The molecule has 2 amide bonds. The molecule has 6 nitrogen and oxygen atoms in total. The second-order valence-corrected chi connectivity index (χ2v) is 7.26. The van der Waals surface area contributed by atoms with E-state index >= 15 is 0 Å². The minimum atomic E-state index is 0.126. The average molecular weight is 333 g/mol. The Morgan fingerprint density at radius 3 is 2.46 bits per heavy atom. The number of carbonyl (C=O) groups is 2. The molecule has 3 rings (SSSR count). The van der Waals surface area contributed by atoms with Crippen molar-refractivity contribution in [2.75, 3.05) is 19.6 Å². The predicted octanol–water partition coefficient (Wildman–Crippen LogP) is 1.99. The molecule has 1 saturated carbocycles. The molecule has 6 heteroatoms. The Labute approximate surface area is 142 Å². The van der Waals surface area contributed by atoms with Gasteiger partial charge in [0.15, 0.2) is 0 Å². The van der Waals surface area contributed by atoms with Crippen molar-refractivity contribution < 1.29 is 14.1 Å². The summed E-state index contributed by atoms with van der Waals surface area (Å²) in [6.07, 6.45) is 5.28. The summed E-state index contributed by atoms with van der Waals surface area (Å²) in [5.41, 5.74) is 1.70. The van der Waals surface area contributed by atoms with Gasteiger partial charge in [-0.1, -0.05) is 5.16 Å². The highest BCUT2D eigenvalue weighted by molar-refractivity contribution is 5.79. The lowest BCUT2D eigenvalue weighted by Gasteiger charge is -2.31. The van der Waals surface area contributed by atoms with Crippen LogP contribution >= 0.6 is 0 Å². The number of aryl methyl sites for hydroxylation is 2. The fourth-order valence-corrected chi connectivity index (χ4v) is 3.32. The van der Waals surface area contributed by atoms with Crippen molar-refractivity contribution in [1.82, 2.24) is 15.4 Å². The van der Waals surface area contributed by atoms with Crippen molar-refractivity contribution in [1.29, 1.82) is 0 Å². The second-order valence-electron chi connectivity index (χ2n) is 7.26. The molecule has 24 heavy (non-hydrogen) atoms. The molecule has 1 aliphatic carbocycles. The lowest BCUT2D eigenvalue weighted by atomic mass is 9.93. The largest absolute Gasteiger partial charge is 0.361 e. The van der Waals surface area contributed by atoms with Gasteiger partial charge in [0.05, 0.1) is 12.1 Å². The maximum Gasteiger partial charge on any atom is 0.227 e. The van der Waals surface area contributed by atoms with E-state index < -0.39 is 0 Å². The van der Waals surface area contributed by atoms with Crippen LogP contribution in [0.1, 0.15) is 49.1 Å². The molecule has 1 aromatic rings. The molecular weight excluding hydrogens is 306 g/mol. The molecular formula is C18H27N3O3. The van der Waals surface area contributed by atoms with Gasteiger partial charge in [-0.2, -0.15) is 0 Å². The maximum atomic E-state index is 12.5. The van der Waals surface area contributed by atoms with Crippen molar-refractivity contribution in [3.05, 3.63) is 17.0 Å². The Bertz CT molecular complexity index is 579. The van der Waals surface area contributed by atoms with Crippen LogP contribution in [0, 0.1) is 25.7 Å². The molecule has 132 valence electrons. The molecule has 0 bridgehead atoms. The minimum absolute atomic E-state index is 0.126. The van der Waals surface area contributed by atoms with E-state index in [2.05, 4.69) is 10.5 Å². The molecule has 0 unspecified atom stereocenters. The summed E-state index contributed by atoms with van der Waals surface area (Å²) in [5, 5.41) is 6.93. The maximum absolute atomic E-state index is 12.5. The molecule has 0 radical (unpaired) electrons. The summed E-state index contributed by atoms with van der Waals surface area (Å²) in [6.45, 7) is 6.03. The second kappa shape index (κ2) is 7.36. The quantitative estimate of drug-likeness (QED) is 0.864. The number of nitrogens with zero attached hydrogens (tertiary/aromatic N) is 2. The van der Waals surface area contributed by atoms with E-state index in [0.717, 1.165) is 55.4 Å². The first-order valence-corrected chi connectivity index (χ1v) is 8.99. The number of rotatable bonds is 6. The SMILES string of the molecule is Cc1noc(C)c1CC(=O)N1CCC(CC(=O)NCC2CC2)CC1. The molecule has 2 aliphatic rings. The number of likely N-dealkylation sites (tertiary alicyclic amines) is 1. The number of aromatic nitrogens is 1. The zero-order chi connectivity index (χ0) is 17.1. The standard InChI is InChI=1S/C18H27N3O3/c1-12-16(13(2)24-20-12)10-18(23)21-7-5-14(6-8-21)9-17(22)19-11-15-3-4-15/h14-15H,3-11H2,1-2H3,(H,19,22). The number of hydrogen-bond acceptors (Lipinski definition) is 4. The van der Waals surface area contributed by atoms with Crippen LogP contribution in [-0.4, -0.2) is 41.5 Å². The van der Waals surface area contributed by atoms with Gasteiger partial charge in [0.1, 0.15) is 5.76 Å². The number of piperidine rings is 1. The van der Waals surface area contributed by atoms with Crippen molar-refractivity contribution in [2.24, 2.45) is 11.8 Å². The van der Waals surface area contributed by atoms with E-state index in [0.29, 0.717) is 18.8 Å². The first-order chi connectivity index (χ1) is 11.5. The van der Waals surface area contributed by atoms with Crippen molar-refractivity contribution in [3.8, 4) is 0 Å². The van der Waals surface area contributed by atoms with Gasteiger partial charge in [-0.3, -0.25) is 9.59 Å². The van der Waals surface area contributed by atoms with Crippen LogP contribution in [0.15, 0.2) is 4.52 Å². The molecule has 1 aromatic heterocycles. The highest BCUT2D eigenvalue weighted by atomic mass is 16.5. The van der Waals surface area contributed by atoms with Crippen LogP contribution in [-0.2, 0) is 16.0 Å². The zero-order valence-corrected chi connectivity index (χ0v) is 14.6. The third-order valence-electron chi connectivity index (χ3n) is 5.24. The van der Waals surface area contributed by atoms with Gasteiger partial charge in [-0.25, -0.2) is 0 Å². The first kappa shape index (κ1) is 17.0. The van der Waals surface area contributed by atoms with Gasteiger partial charge in [0.25, 0.3) is 0 Å². The number of carbonyl (C=O) groups excluding carboxylic acids is 2. The third-order valence-corrected chi connectivity index (χ3v) is 5.24. The van der Waals surface area contributed by atoms with Crippen molar-refractivity contribution in [2.45, 2.75) is 52.4 Å². The van der Waals surface area contributed by atoms with Gasteiger partial charge < -0.3 is 14.7 Å². The average Bonchev–Trinajstić information content (AvgIpc) is 3.35. The van der Waals surface area contributed by atoms with Crippen LogP contribution in [0.25, 0.3) is 0 Å². The Morgan fingerprint density at radius 2 is 1.88 bits per heavy atom. The Balaban J connectivity index is 1.41. The van der Waals surface area contributed by atoms with E-state index in [9.17, 15) is 9.59 Å². The van der Waals surface area contributed by atoms with Gasteiger partial charge >= 0.3 is 0 Å². The van der Waals surface area contributed by atoms with E-state index in [1.54, 1.807) is 0 Å².